The van der Waals surface area contributed by atoms with Crippen molar-refractivity contribution >= 4 is 23.2 Å². The molecule has 32 heavy (non-hydrogen) atoms. The van der Waals surface area contributed by atoms with E-state index < -0.39 is 34.4 Å². The van der Waals surface area contributed by atoms with Gasteiger partial charge >= 0.3 is 12.1 Å². The number of alkyl halides is 3. The van der Waals surface area contributed by atoms with Crippen molar-refractivity contribution in [3.8, 4) is 11.8 Å². The summed E-state index contributed by atoms with van der Waals surface area (Å²) in [6, 6.07) is 11.4. The van der Waals surface area contributed by atoms with E-state index >= 15 is 0 Å². The van der Waals surface area contributed by atoms with Crippen molar-refractivity contribution in [3.05, 3.63) is 86.6 Å². The van der Waals surface area contributed by atoms with Gasteiger partial charge in [0.25, 0.3) is 5.91 Å². The third-order valence-electron chi connectivity index (χ3n) is 4.09. The standard InChI is InChI=1S/C22H14F4N2O3S/c23-16-8-5-15(6-9-16)12-27-21(31)19-20(22(24,25)26)28-17(32-19)10-7-13-1-3-14(4-2-13)11-18(29)30/h1-6,8-9H,11-12H2,(H,27,31)(H,29,30). The van der Waals surface area contributed by atoms with Gasteiger partial charge in [0.15, 0.2) is 10.7 Å². The monoisotopic (exact) mass is 462 g/mol. The van der Waals surface area contributed by atoms with Gasteiger partial charge in [-0.3, -0.25) is 9.59 Å². The minimum atomic E-state index is -4.85. The fraction of sp³-hybridized carbons (Fsp3) is 0.136. The normalized spacial score (nSPS) is 10.9. The Morgan fingerprint density at radius 2 is 1.62 bits per heavy atom. The van der Waals surface area contributed by atoms with Gasteiger partial charge in [0, 0.05) is 12.1 Å². The number of aliphatic carboxylic acids is 1. The Labute approximate surface area is 183 Å². The number of carbonyl (C=O) groups excluding carboxylic acids is 1. The highest BCUT2D eigenvalue weighted by Gasteiger charge is 2.39. The van der Waals surface area contributed by atoms with Crippen molar-refractivity contribution in [1.82, 2.24) is 10.3 Å². The minimum absolute atomic E-state index is 0.0853. The second kappa shape index (κ2) is 9.62. The molecule has 1 heterocycles. The Hall–Kier alpha value is -3.71. The van der Waals surface area contributed by atoms with E-state index in [-0.39, 0.29) is 18.0 Å². The van der Waals surface area contributed by atoms with Crippen LogP contribution in [-0.4, -0.2) is 22.0 Å². The number of hydrogen-bond acceptors (Lipinski definition) is 4. The molecule has 0 aliphatic carbocycles. The average Bonchev–Trinajstić information content (AvgIpc) is 3.17. The van der Waals surface area contributed by atoms with Crippen molar-refractivity contribution in [3.63, 3.8) is 0 Å². The maximum atomic E-state index is 13.4. The molecule has 0 spiro atoms. The highest BCUT2D eigenvalue weighted by atomic mass is 32.1. The predicted octanol–water partition coefficient (Wildman–Crippen LogP) is 4.26. The molecule has 1 amide bonds. The van der Waals surface area contributed by atoms with E-state index in [9.17, 15) is 27.2 Å². The molecule has 0 atom stereocenters. The van der Waals surface area contributed by atoms with Gasteiger partial charge < -0.3 is 10.4 Å². The Kier molecular flexibility index (Phi) is 6.90. The first-order valence-electron chi connectivity index (χ1n) is 9.05. The molecule has 3 aromatic rings. The summed E-state index contributed by atoms with van der Waals surface area (Å²) in [5.74, 6) is 2.73. The zero-order chi connectivity index (χ0) is 23.3. The molecule has 164 valence electrons. The number of halogens is 4. The van der Waals surface area contributed by atoms with E-state index in [4.69, 9.17) is 5.11 Å². The fourth-order valence-corrected chi connectivity index (χ4v) is 3.45. The molecular weight excluding hydrogens is 448 g/mol. The molecule has 0 aliphatic heterocycles. The van der Waals surface area contributed by atoms with E-state index in [1.54, 1.807) is 24.3 Å². The lowest BCUT2D eigenvalue weighted by Gasteiger charge is -2.07. The van der Waals surface area contributed by atoms with Crippen LogP contribution in [0.2, 0.25) is 0 Å². The molecular formula is C22H14F4N2O3S. The molecule has 3 rings (SSSR count). The first-order chi connectivity index (χ1) is 15.1. The van der Waals surface area contributed by atoms with Gasteiger partial charge in [-0.25, -0.2) is 9.37 Å². The lowest BCUT2D eigenvalue weighted by atomic mass is 10.1. The number of nitrogens with one attached hydrogen (secondary N) is 1. The van der Waals surface area contributed by atoms with Crippen LogP contribution in [0.25, 0.3) is 0 Å². The van der Waals surface area contributed by atoms with Crippen LogP contribution in [0.5, 0.6) is 0 Å². The van der Waals surface area contributed by atoms with E-state index in [0.717, 1.165) is 0 Å². The van der Waals surface area contributed by atoms with E-state index in [2.05, 4.69) is 22.1 Å². The number of aromatic nitrogens is 1. The van der Waals surface area contributed by atoms with Crippen LogP contribution in [0.15, 0.2) is 48.5 Å². The molecule has 0 radical (unpaired) electrons. The predicted molar refractivity (Wildman–Crippen MR) is 108 cm³/mol. The summed E-state index contributed by atoms with van der Waals surface area (Å²) in [5, 5.41) is 10.9. The van der Waals surface area contributed by atoms with Crippen molar-refractivity contribution < 1.29 is 32.3 Å². The quantitative estimate of drug-likeness (QED) is 0.439. The number of benzene rings is 2. The number of hydrogen-bond donors (Lipinski definition) is 2. The van der Waals surface area contributed by atoms with Crippen LogP contribution in [-0.2, 0) is 23.9 Å². The SMILES string of the molecule is O=C(O)Cc1ccc(C#Cc2nc(C(F)(F)F)c(C(=O)NCc3ccc(F)cc3)s2)cc1. The minimum Gasteiger partial charge on any atom is -0.481 e. The van der Waals surface area contributed by atoms with Gasteiger partial charge in [0.05, 0.1) is 6.42 Å². The molecule has 5 nitrogen and oxygen atoms in total. The van der Waals surface area contributed by atoms with Crippen LogP contribution in [0, 0.1) is 17.7 Å². The van der Waals surface area contributed by atoms with Gasteiger partial charge in [-0.1, -0.05) is 41.5 Å². The van der Waals surface area contributed by atoms with E-state index in [1.165, 1.54) is 24.3 Å². The van der Waals surface area contributed by atoms with Crippen molar-refractivity contribution in [2.24, 2.45) is 0 Å². The van der Waals surface area contributed by atoms with Crippen molar-refractivity contribution in [2.45, 2.75) is 19.1 Å². The Morgan fingerprint density at radius 3 is 2.22 bits per heavy atom. The Balaban J connectivity index is 1.79. The third kappa shape index (κ3) is 6.15. The lowest BCUT2D eigenvalue weighted by molar-refractivity contribution is -0.141. The number of nitrogens with zero attached hydrogens (tertiary/aromatic N) is 1. The number of rotatable bonds is 5. The average molecular weight is 462 g/mol. The summed E-state index contributed by atoms with van der Waals surface area (Å²) in [7, 11) is 0. The lowest BCUT2D eigenvalue weighted by Crippen LogP contribution is -2.24. The second-order valence-electron chi connectivity index (χ2n) is 6.52. The van der Waals surface area contributed by atoms with Gasteiger partial charge in [-0.15, -0.1) is 0 Å². The van der Waals surface area contributed by atoms with Gasteiger partial charge in [0.1, 0.15) is 10.7 Å². The summed E-state index contributed by atoms with van der Waals surface area (Å²) in [4.78, 5) is 25.9. The first-order valence-corrected chi connectivity index (χ1v) is 9.87. The van der Waals surface area contributed by atoms with E-state index in [1.807, 2.05) is 0 Å². The molecule has 10 heteroatoms. The highest BCUT2D eigenvalue weighted by Crippen LogP contribution is 2.34. The molecule has 1 aromatic heterocycles. The number of carboxylic acid groups (broad SMARTS) is 1. The fourth-order valence-electron chi connectivity index (χ4n) is 2.59. The number of carboxylic acids is 1. The molecule has 0 unspecified atom stereocenters. The smallest absolute Gasteiger partial charge is 0.435 e. The number of carbonyl (C=O) groups is 2. The first kappa shape index (κ1) is 23.0. The zero-order valence-electron chi connectivity index (χ0n) is 16.2. The molecule has 0 fully saturated rings. The van der Waals surface area contributed by atoms with Gasteiger partial charge in [-0.05, 0) is 41.3 Å². The molecule has 2 N–H and O–H groups in total. The molecule has 2 aromatic carbocycles. The number of amides is 1. The van der Waals surface area contributed by atoms with Gasteiger partial charge in [-0.2, -0.15) is 13.2 Å². The largest absolute Gasteiger partial charge is 0.481 e. The Morgan fingerprint density at radius 1 is 1.00 bits per heavy atom. The summed E-state index contributed by atoms with van der Waals surface area (Å²) < 4.78 is 53.1. The van der Waals surface area contributed by atoms with Crippen LogP contribution in [0.4, 0.5) is 17.6 Å². The molecule has 0 aliphatic rings. The molecule has 0 saturated carbocycles. The third-order valence-corrected chi connectivity index (χ3v) is 5.06. The van der Waals surface area contributed by atoms with Crippen LogP contribution in [0.1, 0.15) is 37.1 Å². The number of thiazole rings is 1. The second-order valence-corrected chi connectivity index (χ2v) is 7.52. The van der Waals surface area contributed by atoms with Crippen molar-refractivity contribution in [1.29, 1.82) is 0 Å². The molecule has 0 bridgehead atoms. The summed E-state index contributed by atoms with van der Waals surface area (Å²) in [6.45, 7) is -0.0853. The maximum absolute atomic E-state index is 13.4. The topological polar surface area (TPSA) is 79.3 Å². The Bertz CT molecular complexity index is 1190. The summed E-state index contributed by atoms with van der Waals surface area (Å²) >= 11 is 0.508. The van der Waals surface area contributed by atoms with E-state index in [0.29, 0.717) is 28.0 Å². The summed E-state index contributed by atoms with van der Waals surface area (Å²) in [6.07, 6.45) is -5.01. The zero-order valence-corrected chi connectivity index (χ0v) is 17.0. The van der Waals surface area contributed by atoms with Crippen LogP contribution in [0.3, 0.4) is 0 Å². The maximum Gasteiger partial charge on any atom is 0.435 e. The highest BCUT2D eigenvalue weighted by molar-refractivity contribution is 7.14. The van der Waals surface area contributed by atoms with Crippen molar-refractivity contribution in [2.75, 3.05) is 0 Å². The van der Waals surface area contributed by atoms with Crippen LogP contribution >= 0.6 is 11.3 Å². The summed E-state index contributed by atoms with van der Waals surface area (Å²) in [5.41, 5.74) is 0.186. The van der Waals surface area contributed by atoms with Gasteiger partial charge in [0.2, 0.25) is 0 Å². The molecule has 0 saturated heterocycles. The van der Waals surface area contributed by atoms with Crippen LogP contribution < -0.4 is 5.32 Å².